The Bertz CT molecular complexity index is 3040. The van der Waals surface area contributed by atoms with Crippen LogP contribution in [0.2, 0.25) is 0 Å². The van der Waals surface area contributed by atoms with Gasteiger partial charge < -0.3 is 9.80 Å². The van der Waals surface area contributed by atoms with Crippen molar-refractivity contribution < 1.29 is 0 Å². The van der Waals surface area contributed by atoms with Gasteiger partial charge in [0.15, 0.2) is 0 Å². The zero-order chi connectivity index (χ0) is 38.9. The molecule has 0 fully saturated rings. The SMILES string of the molecule is Cc1cc(N(c2ccccc2)c2ccccc2)cc(C)c1B1c2c(C)cc(N(c3ccccc3)c3ccccc3)cc2-c2cc3cccc4ccc5ccc1c2c5c43. The van der Waals surface area contributed by atoms with E-state index < -0.39 is 0 Å². The normalized spacial score (nSPS) is 12.0. The van der Waals surface area contributed by atoms with E-state index in [-0.39, 0.29) is 6.71 Å². The molecule has 10 aromatic carbocycles. The summed E-state index contributed by atoms with van der Waals surface area (Å²) in [5.41, 5.74) is 17.5. The molecule has 0 amide bonds. The molecule has 0 unspecified atom stereocenters. The molecule has 0 N–H and O–H groups in total. The predicted octanol–water partition coefficient (Wildman–Crippen LogP) is 12.9. The van der Waals surface area contributed by atoms with Crippen molar-refractivity contribution in [3.8, 4) is 11.1 Å². The lowest BCUT2D eigenvalue weighted by Crippen LogP contribution is -2.57. The number of rotatable bonds is 7. The van der Waals surface area contributed by atoms with Crippen molar-refractivity contribution in [1.29, 1.82) is 0 Å². The van der Waals surface area contributed by atoms with Crippen LogP contribution in [0.5, 0.6) is 0 Å². The van der Waals surface area contributed by atoms with E-state index in [0.717, 1.165) is 34.1 Å². The fourth-order valence-electron chi connectivity index (χ4n) is 10.0. The molecule has 58 heavy (non-hydrogen) atoms. The first-order chi connectivity index (χ1) is 28.5. The van der Waals surface area contributed by atoms with Crippen LogP contribution in [0.1, 0.15) is 16.7 Å². The molecule has 0 radical (unpaired) electrons. The number of nitrogens with zero attached hydrogens (tertiary/aromatic N) is 2. The lowest BCUT2D eigenvalue weighted by atomic mass is 9.32. The van der Waals surface area contributed by atoms with Crippen molar-refractivity contribution in [2.75, 3.05) is 9.80 Å². The molecule has 274 valence electrons. The average molecular weight is 741 g/mol. The summed E-state index contributed by atoms with van der Waals surface area (Å²) in [5, 5.41) is 7.97. The molecule has 2 nitrogen and oxygen atoms in total. The molecule has 10 aromatic rings. The maximum atomic E-state index is 2.47. The number of para-hydroxylation sites is 4. The lowest BCUT2D eigenvalue weighted by Gasteiger charge is -2.34. The Labute approximate surface area is 340 Å². The molecule has 0 aromatic heterocycles. The highest BCUT2D eigenvalue weighted by Gasteiger charge is 2.37. The fourth-order valence-corrected chi connectivity index (χ4v) is 10.0. The molecule has 0 bridgehead atoms. The van der Waals surface area contributed by atoms with E-state index in [4.69, 9.17) is 0 Å². The maximum absolute atomic E-state index is 2.47. The summed E-state index contributed by atoms with van der Waals surface area (Å²) < 4.78 is 0. The highest BCUT2D eigenvalue weighted by molar-refractivity contribution is 6.99. The summed E-state index contributed by atoms with van der Waals surface area (Å²) in [6.45, 7) is 7.01. The van der Waals surface area contributed by atoms with E-state index in [1.54, 1.807) is 0 Å². The van der Waals surface area contributed by atoms with Gasteiger partial charge in [0, 0.05) is 34.1 Å². The van der Waals surface area contributed by atoms with E-state index in [9.17, 15) is 0 Å². The molecule has 0 spiro atoms. The van der Waals surface area contributed by atoms with Gasteiger partial charge in [-0.15, -0.1) is 0 Å². The second-order valence-electron chi connectivity index (χ2n) is 15.9. The summed E-state index contributed by atoms with van der Waals surface area (Å²) in [4.78, 5) is 4.79. The van der Waals surface area contributed by atoms with Crippen molar-refractivity contribution in [3.63, 3.8) is 0 Å². The number of anilines is 6. The summed E-state index contributed by atoms with van der Waals surface area (Å²) >= 11 is 0. The molecule has 1 aliphatic heterocycles. The zero-order valence-corrected chi connectivity index (χ0v) is 32.9. The highest BCUT2D eigenvalue weighted by Crippen LogP contribution is 2.44. The van der Waals surface area contributed by atoms with E-state index in [2.05, 4.69) is 225 Å². The van der Waals surface area contributed by atoms with Crippen LogP contribution in [-0.2, 0) is 0 Å². The molecule has 1 heterocycles. The molecule has 3 heteroatoms. The minimum Gasteiger partial charge on any atom is -0.310 e. The van der Waals surface area contributed by atoms with Crippen LogP contribution in [0.15, 0.2) is 194 Å². The number of hydrogen-bond donors (Lipinski definition) is 0. The Hall–Kier alpha value is -7.10. The van der Waals surface area contributed by atoms with Crippen LogP contribution in [0.25, 0.3) is 43.4 Å². The third-order valence-electron chi connectivity index (χ3n) is 12.4. The van der Waals surface area contributed by atoms with Crippen LogP contribution in [0, 0.1) is 20.8 Å². The first kappa shape index (κ1) is 34.2. The van der Waals surface area contributed by atoms with Gasteiger partial charge in [0.1, 0.15) is 0 Å². The molecular formula is C55H41BN2. The highest BCUT2D eigenvalue weighted by atomic mass is 15.1. The van der Waals surface area contributed by atoms with Gasteiger partial charge >= 0.3 is 0 Å². The van der Waals surface area contributed by atoms with Gasteiger partial charge in [-0.25, -0.2) is 0 Å². The third kappa shape index (κ3) is 5.34. The molecule has 0 saturated heterocycles. The van der Waals surface area contributed by atoms with E-state index in [1.165, 1.54) is 76.5 Å². The fraction of sp³-hybridized carbons (Fsp3) is 0.0545. The van der Waals surface area contributed by atoms with Crippen LogP contribution < -0.4 is 26.2 Å². The Morgan fingerprint density at radius 3 is 1.26 bits per heavy atom. The van der Waals surface area contributed by atoms with Crippen LogP contribution >= 0.6 is 0 Å². The molecule has 1 aliphatic rings. The number of benzene rings is 10. The minimum atomic E-state index is 0.0407. The van der Waals surface area contributed by atoms with Crippen LogP contribution in [0.3, 0.4) is 0 Å². The molecule has 0 aliphatic carbocycles. The van der Waals surface area contributed by atoms with Crippen molar-refractivity contribution in [3.05, 3.63) is 211 Å². The average Bonchev–Trinajstić information content (AvgIpc) is 3.26. The van der Waals surface area contributed by atoms with Gasteiger partial charge in [-0.1, -0.05) is 148 Å². The van der Waals surface area contributed by atoms with E-state index in [1.807, 2.05) is 0 Å². The summed E-state index contributed by atoms with van der Waals surface area (Å²) in [5.74, 6) is 0. The standard InChI is InChI=1S/C55H41BN2/c1-36-31-46(57(42-19-8-4-9-20-42)43-21-10-5-11-22-43)32-37(2)54(36)56-50-30-29-40-28-27-39-17-16-18-41-34-48(53(50)52(40)51(39)41)49-35-47(33-38(3)55(49)56)58(44-23-12-6-13-24-44)45-25-14-7-15-26-45/h4-35H,1-3H3. The molecule has 11 rings (SSSR count). The topological polar surface area (TPSA) is 6.48 Å². The smallest absolute Gasteiger partial charge is 0.243 e. The van der Waals surface area contributed by atoms with Gasteiger partial charge in [0.05, 0.1) is 0 Å². The van der Waals surface area contributed by atoms with Crippen molar-refractivity contribution in [1.82, 2.24) is 0 Å². The minimum absolute atomic E-state index is 0.0407. The monoisotopic (exact) mass is 740 g/mol. The van der Waals surface area contributed by atoms with Crippen molar-refractivity contribution in [2.45, 2.75) is 20.8 Å². The van der Waals surface area contributed by atoms with Gasteiger partial charge in [-0.3, -0.25) is 0 Å². The first-order valence-corrected chi connectivity index (χ1v) is 20.3. The van der Waals surface area contributed by atoms with Gasteiger partial charge in [-0.2, -0.15) is 0 Å². The molecular weight excluding hydrogens is 699 g/mol. The maximum Gasteiger partial charge on any atom is 0.243 e. The Morgan fingerprint density at radius 1 is 0.310 bits per heavy atom. The van der Waals surface area contributed by atoms with E-state index >= 15 is 0 Å². The Kier molecular flexibility index (Phi) is 7.98. The Balaban J connectivity index is 1.20. The zero-order valence-electron chi connectivity index (χ0n) is 32.9. The number of fused-ring (bicyclic) bond motifs is 2. The lowest BCUT2D eigenvalue weighted by molar-refractivity contribution is 1.26. The number of aryl methyl sites for hydroxylation is 3. The van der Waals surface area contributed by atoms with Crippen molar-refractivity contribution >= 4 is 89.5 Å². The van der Waals surface area contributed by atoms with Crippen LogP contribution in [0.4, 0.5) is 34.1 Å². The second-order valence-corrected chi connectivity index (χ2v) is 15.9. The van der Waals surface area contributed by atoms with Crippen LogP contribution in [-0.4, -0.2) is 6.71 Å². The largest absolute Gasteiger partial charge is 0.310 e. The third-order valence-corrected chi connectivity index (χ3v) is 12.4. The number of hydrogen-bond acceptors (Lipinski definition) is 2. The Morgan fingerprint density at radius 2 is 0.741 bits per heavy atom. The van der Waals surface area contributed by atoms with Gasteiger partial charge in [-0.05, 0) is 143 Å². The quantitative estimate of drug-likeness (QED) is 0.119. The molecule has 0 saturated carbocycles. The van der Waals surface area contributed by atoms with Gasteiger partial charge in [0.25, 0.3) is 0 Å². The van der Waals surface area contributed by atoms with E-state index in [0.29, 0.717) is 0 Å². The van der Waals surface area contributed by atoms with Crippen molar-refractivity contribution in [2.24, 2.45) is 0 Å². The summed E-state index contributed by atoms with van der Waals surface area (Å²) in [6, 6.07) is 71.4. The van der Waals surface area contributed by atoms with Gasteiger partial charge in [0.2, 0.25) is 6.71 Å². The summed E-state index contributed by atoms with van der Waals surface area (Å²) in [6.07, 6.45) is 0. The first-order valence-electron chi connectivity index (χ1n) is 20.3. The predicted molar refractivity (Wildman–Crippen MR) is 250 cm³/mol. The molecule has 0 atom stereocenters. The summed E-state index contributed by atoms with van der Waals surface area (Å²) in [7, 11) is 0. The second kappa shape index (κ2) is 13.5.